The second kappa shape index (κ2) is 12.1. The minimum atomic E-state index is -1.31. The Morgan fingerprint density at radius 3 is 2.00 bits per heavy atom. The molecule has 0 heterocycles. The van der Waals surface area contributed by atoms with Crippen LogP contribution < -0.4 is 16.0 Å². The zero-order chi connectivity index (χ0) is 20.2. The number of hydrogen-bond acceptors (Lipinski definition) is 6. The fraction of sp³-hybridized carbons (Fsp3) is 0.750. The van der Waals surface area contributed by atoms with Gasteiger partial charge in [-0.05, 0) is 46.6 Å². The van der Waals surface area contributed by atoms with Gasteiger partial charge in [0.05, 0.1) is 6.61 Å². The minimum absolute atomic E-state index is 0.0241. The van der Waals surface area contributed by atoms with Crippen molar-refractivity contribution in [3.05, 3.63) is 0 Å². The van der Waals surface area contributed by atoms with E-state index in [1.165, 1.54) is 0 Å². The zero-order valence-electron chi connectivity index (χ0n) is 15.4. The molecule has 0 saturated carbocycles. The van der Waals surface area contributed by atoms with Gasteiger partial charge >= 0.3 is 18.0 Å². The third kappa shape index (κ3) is 12.1. The quantitative estimate of drug-likeness (QED) is 0.228. The minimum Gasteiger partial charge on any atom is -0.480 e. The van der Waals surface area contributed by atoms with Crippen LogP contribution in [0.25, 0.3) is 0 Å². The van der Waals surface area contributed by atoms with Crippen molar-refractivity contribution < 1.29 is 34.1 Å². The lowest BCUT2D eigenvalue weighted by Gasteiger charge is -2.21. The van der Waals surface area contributed by atoms with Crippen molar-refractivity contribution in [2.75, 3.05) is 13.2 Å². The highest BCUT2D eigenvalue weighted by Crippen LogP contribution is 2.04. The highest BCUT2D eigenvalue weighted by molar-refractivity contribution is 5.86. The van der Waals surface area contributed by atoms with E-state index < -0.39 is 30.1 Å². The number of nitrogens with one attached hydrogen (secondary N) is 3. The SMILES string of the molecule is CC(C)(C)NCCCCC(NC(=O)NC(CCOC=O)C(=O)O)C(=O)O. The Bertz CT molecular complexity index is 477. The summed E-state index contributed by atoms with van der Waals surface area (Å²) in [6.07, 6.45) is 1.42. The Balaban J connectivity index is 4.37. The van der Waals surface area contributed by atoms with Gasteiger partial charge in [0, 0.05) is 12.0 Å². The maximum Gasteiger partial charge on any atom is 0.326 e. The first-order valence-corrected chi connectivity index (χ1v) is 8.39. The van der Waals surface area contributed by atoms with Crippen LogP contribution in [0.5, 0.6) is 0 Å². The Morgan fingerprint density at radius 2 is 1.54 bits per heavy atom. The molecule has 2 atom stereocenters. The number of urea groups is 1. The molecule has 0 aromatic heterocycles. The maximum atomic E-state index is 11.9. The number of unbranched alkanes of at least 4 members (excludes halogenated alkanes) is 1. The van der Waals surface area contributed by atoms with Crippen LogP contribution in [0.2, 0.25) is 0 Å². The number of carboxylic acid groups (broad SMARTS) is 2. The van der Waals surface area contributed by atoms with E-state index in [9.17, 15) is 24.3 Å². The van der Waals surface area contributed by atoms with Crippen LogP contribution in [0.1, 0.15) is 46.5 Å². The van der Waals surface area contributed by atoms with Gasteiger partial charge in [-0.1, -0.05) is 0 Å². The summed E-state index contributed by atoms with van der Waals surface area (Å²) in [5, 5.41) is 25.9. The van der Waals surface area contributed by atoms with Gasteiger partial charge in [0.15, 0.2) is 0 Å². The number of hydrogen-bond donors (Lipinski definition) is 5. The number of amides is 2. The molecular weight excluding hydrogens is 346 g/mol. The molecule has 0 bridgehead atoms. The van der Waals surface area contributed by atoms with E-state index in [1.54, 1.807) is 0 Å². The van der Waals surface area contributed by atoms with Crippen LogP contribution in [0.4, 0.5) is 4.79 Å². The first-order chi connectivity index (χ1) is 12.1. The summed E-state index contributed by atoms with van der Waals surface area (Å²) < 4.78 is 4.40. The molecule has 2 unspecified atom stereocenters. The van der Waals surface area contributed by atoms with Crippen molar-refractivity contribution in [2.45, 2.75) is 64.1 Å². The molecule has 26 heavy (non-hydrogen) atoms. The van der Waals surface area contributed by atoms with Crippen molar-refractivity contribution in [1.29, 1.82) is 0 Å². The monoisotopic (exact) mass is 375 g/mol. The molecule has 150 valence electrons. The molecule has 0 aliphatic rings. The number of carbonyl (C=O) groups excluding carboxylic acids is 2. The number of carboxylic acids is 2. The van der Waals surface area contributed by atoms with Crippen LogP contribution in [0.3, 0.4) is 0 Å². The van der Waals surface area contributed by atoms with Gasteiger partial charge < -0.3 is 30.9 Å². The number of aliphatic carboxylic acids is 2. The first-order valence-electron chi connectivity index (χ1n) is 8.39. The van der Waals surface area contributed by atoms with Gasteiger partial charge in [-0.15, -0.1) is 0 Å². The van der Waals surface area contributed by atoms with E-state index in [0.717, 1.165) is 13.0 Å². The van der Waals surface area contributed by atoms with Crippen molar-refractivity contribution >= 4 is 24.4 Å². The molecule has 0 radical (unpaired) electrons. The lowest BCUT2D eigenvalue weighted by atomic mass is 10.1. The predicted molar refractivity (Wildman–Crippen MR) is 92.8 cm³/mol. The first kappa shape index (κ1) is 23.6. The summed E-state index contributed by atoms with van der Waals surface area (Å²) >= 11 is 0. The Morgan fingerprint density at radius 1 is 1.00 bits per heavy atom. The fourth-order valence-electron chi connectivity index (χ4n) is 2.04. The van der Waals surface area contributed by atoms with E-state index in [0.29, 0.717) is 6.42 Å². The van der Waals surface area contributed by atoms with Crippen LogP contribution in [-0.4, -0.2) is 65.4 Å². The highest BCUT2D eigenvalue weighted by atomic mass is 16.5. The molecule has 2 amide bonds. The van der Waals surface area contributed by atoms with Gasteiger partial charge in [0.1, 0.15) is 12.1 Å². The van der Waals surface area contributed by atoms with Crippen LogP contribution in [-0.2, 0) is 19.1 Å². The zero-order valence-corrected chi connectivity index (χ0v) is 15.4. The lowest BCUT2D eigenvalue weighted by molar-refractivity contribution is -0.140. The largest absolute Gasteiger partial charge is 0.480 e. The summed E-state index contributed by atoms with van der Waals surface area (Å²) in [5.41, 5.74) is -0.0241. The summed E-state index contributed by atoms with van der Waals surface area (Å²) in [4.78, 5) is 44.2. The lowest BCUT2D eigenvalue weighted by Crippen LogP contribution is -2.51. The predicted octanol–water partition coefficient (Wildman–Crippen LogP) is 0.314. The smallest absolute Gasteiger partial charge is 0.326 e. The third-order valence-corrected chi connectivity index (χ3v) is 3.37. The molecule has 10 heteroatoms. The average Bonchev–Trinajstić information content (AvgIpc) is 2.51. The van der Waals surface area contributed by atoms with Gasteiger partial charge in [-0.25, -0.2) is 14.4 Å². The summed E-state index contributed by atoms with van der Waals surface area (Å²) in [6, 6.07) is -3.31. The van der Waals surface area contributed by atoms with Gasteiger partial charge in [0.2, 0.25) is 0 Å². The van der Waals surface area contributed by atoms with Crippen molar-refractivity contribution in [2.24, 2.45) is 0 Å². The summed E-state index contributed by atoms with van der Waals surface area (Å²) in [7, 11) is 0. The topological polar surface area (TPSA) is 154 Å². The molecule has 0 spiro atoms. The molecule has 0 aromatic carbocycles. The van der Waals surface area contributed by atoms with Crippen LogP contribution in [0, 0.1) is 0 Å². The molecule has 10 nitrogen and oxygen atoms in total. The molecular formula is C16H29N3O7. The summed E-state index contributed by atoms with van der Waals surface area (Å²) in [6.45, 7) is 6.80. The van der Waals surface area contributed by atoms with E-state index >= 15 is 0 Å². The van der Waals surface area contributed by atoms with Crippen LogP contribution >= 0.6 is 0 Å². The molecule has 0 fully saturated rings. The Kier molecular flexibility index (Phi) is 11.0. The average molecular weight is 375 g/mol. The standard InChI is InChI=1S/C16H29N3O7/c1-16(2,3)17-8-5-4-6-11(13(21)22)18-15(25)19-12(14(23)24)7-9-26-10-20/h10-12,17H,4-9H2,1-3H3,(H,21,22)(H,23,24)(H2,18,19,25). The van der Waals surface area contributed by atoms with E-state index in [2.05, 4.69) is 20.7 Å². The molecule has 5 N–H and O–H groups in total. The number of carbonyl (C=O) groups is 4. The van der Waals surface area contributed by atoms with Gasteiger partial charge in [0.25, 0.3) is 6.47 Å². The molecule has 0 aliphatic carbocycles. The van der Waals surface area contributed by atoms with E-state index in [-0.39, 0.29) is 31.5 Å². The third-order valence-electron chi connectivity index (χ3n) is 3.37. The van der Waals surface area contributed by atoms with E-state index in [1.807, 2.05) is 20.8 Å². The fourth-order valence-corrected chi connectivity index (χ4v) is 2.04. The van der Waals surface area contributed by atoms with E-state index in [4.69, 9.17) is 5.11 Å². The number of rotatable bonds is 13. The Labute approximate surface area is 152 Å². The highest BCUT2D eigenvalue weighted by Gasteiger charge is 2.24. The molecule has 0 saturated heterocycles. The van der Waals surface area contributed by atoms with Crippen LogP contribution in [0.15, 0.2) is 0 Å². The van der Waals surface area contributed by atoms with Crippen molar-refractivity contribution in [3.63, 3.8) is 0 Å². The molecule has 0 aromatic rings. The normalized spacial score (nSPS) is 13.3. The maximum absolute atomic E-state index is 11.9. The van der Waals surface area contributed by atoms with Gasteiger partial charge in [-0.2, -0.15) is 0 Å². The second-order valence-corrected chi connectivity index (χ2v) is 6.83. The van der Waals surface area contributed by atoms with Crippen molar-refractivity contribution in [1.82, 2.24) is 16.0 Å². The second-order valence-electron chi connectivity index (χ2n) is 6.83. The summed E-state index contributed by atoms with van der Waals surface area (Å²) in [5.74, 6) is -2.50. The van der Waals surface area contributed by atoms with Gasteiger partial charge in [-0.3, -0.25) is 4.79 Å². The molecule has 0 rings (SSSR count). The molecule has 0 aliphatic heterocycles. The van der Waals surface area contributed by atoms with Crippen molar-refractivity contribution in [3.8, 4) is 0 Å². The Hall–Kier alpha value is -2.36. The number of ether oxygens (including phenoxy) is 1.